The molecule has 0 aliphatic carbocycles. The van der Waals surface area contributed by atoms with E-state index in [1.54, 1.807) is 17.0 Å². The van der Waals surface area contributed by atoms with Crippen molar-refractivity contribution in [3.8, 4) is 11.3 Å². The molecule has 1 aliphatic heterocycles. The van der Waals surface area contributed by atoms with Crippen LogP contribution in [0, 0.1) is 0 Å². The molecule has 3 aromatic rings. The summed E-state index contributed by atoms with van der Waals surface area (Å²) in [4.78, 5) is 33.3. The van der Waals surface area contributed by atoms with E-state index < -0.39 is 0 Å². The molecule has 1 aromatic carbocycles. The van der Waals surface area contributed by atoms with E-state index >= 15 is 0 Å². The third-order valence-electron chi connectivity index (χ3n) is 4.53. The molecule has 1 amide bonds. The Bertz CT molecular complexity index is 1080. The highest BCUT2D eigenvalue weighted by Crippen LogP contribution is 2.31. The number of thioether (sulfide) groups is 1. The fourth-order valence-corrected chi connectivity index (χ4v) is 3.75. The van der Waals surface area contributed by atoms with Gasteiger partial charge in [0.2, 0.25) is 0 Å². The van der Waals surface area contributed by atoms with Gasteiger partial charge in [-0.3, -0.25) is 9.59 Å². The first-order valence-corrected chi connectivity index (χ1v) is 10.4. The highest BCUT2D eigenvalue weighted by atomic mass is 35.5. The van der Waals surface area contributed by atoms with Gasteiger partial charge in [0.15, 0.2) is 5.76 Å². The predicted molar refractivity (Wildman–Crippen MR) is 107 cm³/mol. The Labute approximate surface area is 170 Å². The van der Waals surface area contributed by atoms with Gasteiger partial charge in [0.1, 0.15) is 17.2 Å². The number of nitrogens with zero attached hydrogens (tertiary/aromatic N) is 3. The zero-order valence-corrected chi connectivity index (χ0v) is 16.6. The van der Waals surface area contributed by atoms with Crippen molar-refractivity contribution in [3.63, 3.8) is 0 Å². The van der Waals surface area contributed by atoms with Gasteiger partial charge in [-0.15, -0.1) is 0 Å². The fourth-order valence-electron chi connectivity index (χ4n) is 3.22. The molecule has 1 N–H and O–H groups in total. The van der Waals surface area contributed by atoms with Crippen molar-refractivity contribution in [2.45, 2.75) is 18.7 Å². The largest absolute Gasteiger partial charge is 0.356 e. The molecule has 7 nitrogen and oxygen atoms in total. The number of fused-ring (bicyclic) bond motifs is 1. The first-order chi connectivity index (χ1) is 13.5. The smallest absolute Gasteiger partial charge is 0.273 e. The van der Waals surface area contributed by atoms with Crippen molar-refractivity contribution < 1.29 is 9.32 Å². The van der Waals surface area contributed by atoms with Gasteiger partial charge in [0, 0.05) is 28.8 Å². The van der Waals surface area contributed by atoms with Gasteiger partial charge in [0.05, 0.1) is 12.3 Å². The van der Waals surface area contributed by atoms with E-state index in [4.69, 9.17) is 16.1 Å². The summed E-state index contributed by atoms with van der Waals surface area (Å²) >= 11 is 7.47. The first-order valence-electron chi connectivity index (χ1n) is 8.67. The normalized spacial score (nSPS) is 13.4. The average Bonchev–Trinajstić information content (AvgIpc) is 3.11. The zero-order valence-electron chi connectivity index (χ0n) is 15.1. The summed E-state index contributed by atoms with van der Waals surface area (Å²) in [5.74, 6) is 1.45. The second kappa shape index (κ2) is 7.81. The minimum Gasteiger partial charge on any atom is -0.356 e. The Morgan fingerprint density at radius 2 is 2.14 bits per heavy atom. The maximum atomic E-state index is 12.9. The maximum absolute atomic E-state index is 12.9. The number of aromatic amines is 1. The lowest BCUT2D eigenvalue weighted by atomic mass is 10.0. The summed E-state index contributed by atoms with van der Waals surface area (Å²) in [5, 5.41) is 4.81. The number of rotatable bonds is 4. The summed E-state index contributed by atoms with van der Waals surface area (Å²) in [7, 11) is 0. The fraction of sp³-hybridized carbons (Fsp3) is 0.263. The minimum absolute atomic E-state index is 0.151. The van der Waals surface area contributed by atoms with Crippen LogP contribution in [-0.2, 0) is 18.7 Å². The molecule has 0 bridgehead atoms. The molecule has 3 heterocycles. The summed E-state index contributed by atoms with van der Waals surface area (Å²) in [5.41, 5.74) is 2.44. The lowest BCUT2D eigenvalue weighted by Crippen LogP contribution is -2.37. The molecule has 144 valence electrons. The topological polar surface area (TPSA) is 92.1 Å². The summed E-state index contributed by atoms with van der Waals surface area (Å²) in [6.07, 6.45) is 2.52. The standard InChI is InChI=1S/C19H17ClN4O3S/c1-28-10-16-21-14(8-17(25)22-16)19(26)24-7-6-13-15(9-24)23-27-18(13)11-2-4-12(20)5-3-11/h2-5,8H,6-7,9-10H2,1H3,(H,21,22,25). The van der Waals surface area contributed by atoms with E-state index in [1.165, 1.54) is 17.8 Å². The third-order valence-corrected chi connectivity index (χ3v) is 5.34. The number of amides is 1. The monoisotopic (exact) mass is 416 g/mol. The molecule has 28 heavy (non-hydrogen) atoms. The lowest BCUT2D eigenvalue weighted by Gasteiger charge is -2.25. The maximum Gasteiger partial charge on any atom is 0.273 e. The molecular weight excluding hydrogens is 400 g/mol. The number of carbonyl (C=O) groups excluding carboxylic acids is 1. The van der Waals surface area contributed by atoms with Crippen molar-refractivity contribution in [2.24, 2.45) is 0 Å². The number of H-pyrrole nitrogens is 1. The number of hydrogen-bond acceptors (Lipinski definition) is 6. The van der Waals surface area contributed by atoms with Gasteiger partial charge < -0.3 is 14.4 Å². The molecule has 1 aliphatic rings. The highest BCUT2D eigenvalue weighted by molar-refractivity contribution is 7.97. The van der Waals surface area contributed by atoms with Crippen LogP contribution in [0.15, 0.2) is 39.6 Å². The van der Waals surface area contributed by atoms with Crippen molar-refractivity contribution in [1.29, 1.82) is 0 Å². The molecular formula is C19H17ClN4O3S. The quantitative estimate of drug-likeness (QED) is 0.702. The molecule has 0 fully saturated rings. The van der Waals surface area contributed by atoms with E-state index in [2.05, 4.69) is 15.1 Å². The molecule has 0 unspecified atom stereocenters. The van der Waals surface area contributed by atoms with Gasteiger partial charge in [-0.1, -0.05) is 16.8 Å². The van der Waals surface area contributed by atoms with Crippen LogP contribution in [0.2, 0.25) is 5.02 Å². The first kappa shape index (κ1) is 18.8. The van der Waals surface area contributed by atoms with Crippen LogP contribution in [0.25, 0.3) is 11.3 Å². The number of benzene rings is 1. The molecule has 4 rings (SSSR count). The predicted octanol–water partition coefficient (Wildman–Crippen LogP) is 3.14. The van der Waals surface area contributed by atoms with Gasteiger partial charge in [-0.25, -0.2) is 4.98 Å². The van der Waals surface area contributed by atoms with Gasteiger partial charge in [-0.2, -0.15) is 11.8 Å². The van der Waals surface area contributed by atoms with Gasteiger partial charge in [0.25, 0.3) is 11.5 Å². The number of aromatic nitrogens is 3. The Hall–Kier alpha value is -2.58. The van der Waals surface area contributed by atoms with E-state index in [0.29, 0.717) is 41.9 Å². The molecule has 0 saturated heterocycles. The van der Waals surface area contributed by atoms with Gasteiger partial charge >= 0.3 is 0 Å². The van der Waals surface area contributed by atoms with Gasteiger partial charge in [-0.05, 0) is 36.9 Å². The van der Waals surface area contributed by atoms with E-state index in [0.717, 1.165) is 16.8 Å². The number of hydrogen-bond donors (Lipinski definition) is 1. The van der Waals surface area contributed by atoms with Crippen molar-refractivity contribution in [2.75, 3.05) is 12.8 Å². The van der Waals surface area contributed by atoms with Crippen molar-refractivity contribution >= 4 is 29.3 Å². The van der Waals surface area contributed by atoms with Crippen LogP contribution in [0.1, 0.15) is 27.6 Å². The van der Waals surface area contributed by atoms with Crippen LogP contribution in [0.5, 0.6) is 0 Å². The van der Waals surface area contributed by atoms with Crippen LogP contribution < -0.4 is 5.56 Å². The van der Waals surface area contributed by atoms with Crippen LogP contribution in [-0.4, -0.2) is 38.7 Å². The number of nitrogens with one attached hydrogen (secondary N) is 1. The van der Waals surface area contributed by atoms with Crippen molar-refractivity contribution in [1.82, 2.24) is 20.0 Å². The second-order valence-electron chi connectivity index (χ2n) is 6.43. The molecule has 0 saturated carbocycles. The zero-order chi connectivity index (χ0) is 19.7. The SMILES string of the molecule is CSCc1nc(C(=O)N2CCc3c(noc3-c3ccc(Cl)cc3)C2)cc(=O)[nH]1. The summed E-state index contributed by atoms with van der Waals surface area (Å²) in [6.45, 7) is 0.817. The van der Waals surface area contributed by atoms with E-state index in [-0.39, 0.29) is 17.2 Å². The molecule has 0 atom stereocenters. The van der Waals surface area contributed by atoms with Crippen LogP contribution in [0.3, 0.4) is 0 Å². The van der Waals surface area contributed by atoms with Crippen LogP contribution >= 0.6 is 23.4 Å². The highest BCUT2D eigenvalue weighted by Gasteiger charge is 2.28. The Morgan fingerprint density at radius 1 is 1.36 bits per heavy atom. The number of carbonyl (C=O) groups is 1. The molecule has 0 radical (unpaired) electrons. The minimum atomic E-state index is -0.327. The van der Waals surface area contributed by atoms with E-state index in [1.807, 2.05) is 18.4 Å². The molecule has 9 heteroatoms. The lowest BCUT2D eigenvalue weighted by molar-refractivity contribution is 0.0725. The number of halogens is 1. The Kier molecular flexibility index (Phi) is 5.23. The van der Waals surface area contributed by atoms with E-state index in [9.17, 15) is 9.59 Å². The summed E-state index contributed by atoms with van der Waals surface area (Å²) < 4.78 is 5.54. The Balaban J connectivity index is 1.57. The third kappa shape index (κ3) is 3.70. The van der Waals surface area contributed by atoms with Crippen molar-refractivity contribution in [3.05, 3.63) is 68.5 Å². The Morgan fingerprint density at radius 3 is 2.89 bits per heavy atom. The average molecular weight is 417 g/mol. The summed E-state index contributed by atoms with van der Waals surface area (Å²) in [6, 6.07) is 8.61. The molecule has 0 spiro atoms. The molecule has 2 aromatic heterocycles. The second-order valence-corrected chi connectivity index (χ2v) is 7.73. The van der Waals surface area contributed by atoms with Crippen LogP contribution in [0.4, 0.5) is 0 Å².